The molecule has 0 radical (unpaired) electrons. The second-order valence-corrected chi connectivity index (χ2v) is 19.1. The molecule has 0 fully saturated rings. The number of fused-ring (bicyclic) bond motifs is 10. The van der Waals surface area contributed by atoms with E-state index in [0.29, 0.717) is 0 Å². The first kappa shape index (κ1) is 30.2. The monoisotopic (exact) mass is 735 g/mol. The van der Waals surface area contributed by atoms with Crippen LogP contribution in [0.3, 0.4) is 0 Å². The second kappa shape index (κ2) is 12.0. The van der Waals surface area contributed by atoms with Gasteiger partial charge in [0.25, 0.3) is 0 Å². The molecule has 0 unspecified atom stereocenters. The zero-order valence-electron chi connectivity index (χ0n) is 27.5. The molecule has 0 atom stereocenters. The third-order valence-electron chi connectivity index (χ3n) is 10.1. The van der Waals surface area contributed by atoms with Gasteiger partial charge in [-0.15, -0.1) is 0 Å². The molecule has 0 aliphatic rings. The molecule has 3 heterocycles. The Kier molecular flexibility index (Phi) is 7.11. The summed E-state index contributed by atoms with van der Waals surface area (Å²) in [6.07, 6.45) is 2.04. The zero-order valence-corrected chi connectivity index (χ0v) is 30.1. The summed E-state index contributed by atoms with van der Waals surface area (Å²) in [5.74, 6) is 0. The van der Waals surface area contributed by atoms with E-state index >= 15 is 0 Å². The molecular formula is C46H30N3PSe. The molecule has 10 rings (SSSR count). The van der Waals surface area contributed by atoms with E-state index in [9.17, 15) is 0 Å². The van der Waals surface area contributed by atoms with E-state index in [1.165, 1.54) is 48.7 Å². The summed E-state index contributed by atoms with van der Waals surface area (Å²) in [7, 11) is 0. The van der Waals surface area contributed by atoms with Gasteiger partial charge in [0.15, 0.2) is 0 Å². The molecule has 10 aromatic rings. The Balaban J connectivity index is 1.19. The minimum absolute atomic E-state index is 0.981. The van der Waals surface area contributed by atoms with Crippen LogP contribution in [0.25, 0.3) is 71.4 Å². The number of hydrogen-bond donors (Lipinski definition) is 0. The van der Waals surface area contributed by atoms with E-state index in [4.69, 9.17) is 9.97 Å². The summed E-state index contributed by atoms with van der Waals surface area (Å²) < 4.78 is 2.36. The quantitative estimate of drug-likeness (QED) is 0.100. The van der Waals surface area contributed by atoms with Crippen LogP contribution in [-0.2, 0) is 0 Å². The molecule has 3 nitrogen and oxygen atoms in total. The van der Waals surface area contributed by atoms with Crippen molar-refractivity contribution < 1.29 is 0 Å². The van der Waals surface area contributed by atoms with Crippen molar-refractivity contribution in [1.82, 2.24) is 14.4 Å². The Morgan fingerprint density at radius 3 is 1.84 bits per heavy atom. The van der Waals surface area contributed by atoms with Gasteiger partial charge in [-0.3, -0.25) is 0 Å². The van der Waals surface area contributed by atoms with Gasteiger partial charge in [-0.05, 0) is 17.2 Å². The summed E-state index contributed by atoms with van der Waals surface area (Å²) in [4.78, 5) is 10.5. The Morgan fingerprint density at radius 2 is 1.12 bits per heavy atom. The van der Waals surface area contributed by atoms with Crippen molar-refractivity contribution in [2.75, 3.05) is 0 Å². The van der Waals surface area contributed by atoms with Crippen molar-refractivity contribution in [3.05, 3.63) is 182 Å². The first-order valence-corrected chi connectivity index (χ1v) is 21.1. The van der Waals surface area contributed by atoms with Crippen LogP contribution in [0.2, 0.25) is 0 Å². The molecule has 0 amide bonds. The maximum atomic E-state index is 5.29. The summed E-state index contributed by atoms with van der Waals surface area (Å²) >= 11 is 3.64. The molecule has 51 heavy (non-hydrogen) atoms. The predicted octanol–water partition coefficient (Wildman–Crippen LogP) is 10.1. The fourth-order valence-corrected chi connectivity index (χ4v) is 12.3. The van der Waals surface area contributed by atoms with Gasteiger partial charge >= 0.3 is 233 Å². The van der Waals surface area contributed by atoms with Crippen molar-refractivity contribution in [2.24, 2.45) is 0 Å². The Labute approximate surface area is 303 Å². The van der Waals surface area contributed by atoms with E-state index in [1.54, 1.807) is 0 Å². The van der Waals surface area contributed by atoms with Gasteiger partial charge in [0.2, 0.25) is 0 Å². The Hall–Kier alpha value is -5.63. The molecule has 3 aromatic heterocycles. The molecule has 0 bridgehead atoms. The van der Waals surface area contributed by atoms with Crippen LogP contribution in [0, 0.1) is 0 Å². The van der Waals surface area contributed by atoms with Gasteiger partial charge in [-0.2, -0.15) is 0 Å². The summed E-state index contributed by atoms with van der Waals surface area (Å²) in [6.45, 7) is 0. The van der Waals surface area contributed by atoms with Crippen LogP contribution in [-0.4, -0.2) is 29.5 Å². The van der Waals surface area contributed by atoms with Gasteiger partial charge in [0.05, 0.1) is 0 Å². The van der Waals surface area contributed by atoms with E-state index < -0.39 is 5.51 Å². The fraction of sp³-hybridized carbons (Fsp3) is 0. The third kappa shape index (κ3) is 4.83. The first-order chi connectivity index (χ1) is 25.2. The molecule has 0 aliphatic carbocycles. The molecule has 0 N–H and O–H groups in total. The molecule has 0 spiro atoms. The number of benzene rings is 7. The third-order valence-corrected chi connectivity index (χ3v) is 16.9. The Morgan fingerprint density at radius 1 is 0.471 bits per heavy atom. The van der Waals surface area contributed by atoms with Crippen molar-refractivity contribution in [3.8, 4) is 22.3 Å². The van der Waals surface area contributed by atoms with Gasteiger partial charge in [0.1, 0.15) is 0 Å². The van der Waals surface area contributed by atoms with Gasteiger partial charge in [-0.25, -0.2) is 0 Å². The average molecular weight is 735 g/mol. The van der Waals surface area contributed by atoms with Crippen molar-refractivity contribution in [3.63, 3.8) is 0 Å². The standard InChI is InChI=1S/C46H30N3PSe/c51-50(36-15-6-2-7-16-36,37-17-8-3-9-18-37)44-27-23-35(30-47-44)33-22-26-42-40(28-33)39-24-20-32-14-10-11-19-38(32)45(39)46-48-41-25-21-34(29-43(41)49(42)46)31-12-4-1-5-13-31/h1-30H. The normalized spacial score (nSPS) is 12.0. The number of rotatable bonds is 5. The van der Waals surface area contributed by atoms with Crippen LogP contribution < -0.4 is 16.0 Å². The van der Waals surface area contributed by atoms with Crippen LogP contribution in [0.15, 0.2) is 182 Å². The van der Waals surface area contributed by atoms with Gasteiger partial charge < -0.3 is 0 Å². The van der Waals surface area contributed by atoms with E-state index in [0.717, 1.165) is 38.8 Å². The summed E-state index contributed by atoms with van der Waals surface area (Å²) in [5.41, 5.74) is 7.82. The predicted molar refractivity (Wildman–Crippen MR) is 218 cm³/mol. The number of nitrogens with zero attached hydrogens (tertiary/aromatic N) is 3. The molecular weight excluding hydrogens is 704 g/mol. The molecule has 0 saturated heterocycles. The minimum atomic E-state index is -2.05. The molecule has 7 aromatic carbocycles. The summed E-state index contributed by atoms with van der Waals surface area (Å²) in [5, 5.41) is 8.51. The van der Waals surface area contributed by atoms with Crippen molar-refractivity contribution in [2.45, 2.75) is 0 Å². The van der Waals surface area contributed by atoms with E-state index in [2.05, 4.69) is 195 Å². The first-order valence-electron chi connectivity index (χ1n) is 17.1. The zero-order chi connectivity index (χ0) is 33.9. The number of aromatic nitrogens is 3. The topological polar surface area (TPSA) is 30.2 Å². The van der Waals surface area contributed by atoms with Crippen LogP contribution in [0.4, 0.5) is 0 Å². The van der Waals surface area contributed by atoms with Crippen LogP contribution in [0.1, 0.15) is 0 Å². The van der Waals surface area contributed by atoms with Crippen LogP contribution in [0.5, 0.6) is 0 Å². The average Bonchev–Trinajstić information content (AvgIpc) is 3.60. The number of imidazole rings is 1. The van der Waals surface area contributed by atoms with E-state index in [-0.39, 0.29) is 0 Å². The second-order valence-electron chi connectivity index (χ2n) is 13.0. The molecule has 0 saturated carbocycles. The van der Waals surface area contributed by atoms with Crippen molar-refractivity contribution >= 4 is 85.8 Å². The Bertz CT molecular complexity index is 2930. The van der Waals surface area contributed by atoms with Gasteiger partial charge in [-0.1, -0.05) is 54.6 Å². The van der Waals surface area contributed by atoms with E-state index in [1.807, 2.05) is 6.20 Å². The molecule has 5 heteroatoms. The summed E-state index contributed by atoms with van der Waals surface area (Å²) in [6, 6.07) is 63.1. The molecule has 0 aliphatic heterocycles. The fourth-order valence-electron chi connectivity index (χ4n) is 7.59. The SMILES string of the molecule is [Se]=P(c1ccccc1)(c1ccccc1)c1ccc(-c2ccc3c(c2)c2ccc4ccccc4c2c2nc4ccc(-c5ccccc5)cc4n32)cn1. The number of hydrogen-bond acceptors (Lipinski definition) is 2. The maximum absolute atomic E-state index is 5.29. The van der Waals surface area contributed by atoms with Gasteiger partial charge in [0, 0.05) is 0 Å². The molecule has 240 valence electrons. The van der Waals surface area contributed by atoms with Crippen LogP contribution >= 0.6 is 5.51 Å². The number of pyridine rings is 2. The van der Waals surface area contributed by atoms with Crippen molar-refractivity contribution in [1.29, 1.82) is 0 Å².